The number of aliphatic hydroxyl groups is 1. The number of aromatic nitrogens is 4. The van der Waals surface area contributed by atoms with Crippen molar-refractivity contribution in [2.45, 2.75) is 25.2 Å². The zero-order chi connectivity index (χ0) is 31.0. The molecule has 0 saturated carbocycles. The SMILES string of the molecule is Nc1nnc(-c2cccc(-n3nc(C(=O)Nc4ccc(-c5ccccc5CN5CC[C@H](O)C5)cc4F)cc3C(F)(F)F)c2)o1. The molecule has 0 unspecified atom stereocenters. The highest BCUT2D eigenvalue weighted by Gasteiger charge is 2.37. The molecule has 6 rings (SSSR count). The molecule has 0 radical (unpaired) electrons. The lowest BCUT2D eigenvalue weighted by molar-refractivity contribution is -0.142. The van der Waals surface area contributed by atoms with Crippen LogP contribution in [0, 0.1) is 5.82 Å². The van der Waals surface area contributed by atoms with Gasteiger partial charge in [-0.2, -0.15) is 18.3 Å². The molecule has 1 saturated heterocycles. The van der Waals surface area contributed by atoms with Crippen LogP contribution in [0.2, 0.25) is 0 Å². The molecular weight excluding hydrogens is 582 g/mol. The van der Waals surface area contributed by atoms with Crippen molar-refractivity contribution >= 4 is 17.6 Å². The molecule has 5 aromatic rings. The van der Waals surface area contributed by atoms with Crippen LogP contribution in [-0.2, 0) is 12.7 Å². The highest BCUT2D eigenvalue weighted by Crippen LogP contribution is 2.33. The summed E-state index contributed by atoms with van der Waals surface area (Å²) in [6.07, 6.45) is -4.55. The molecule has 1 aliphatic heterocycles. The summed E-state index contributed by atoms with van der Waals surface area (Å²) in [5.41, 5.74) is 5.95. The van der Waals surface area contributed by atoms with E-state index in [1.807, 2.05) is 24.3 Å². The van der Waals surface area contributed by atoms with Crippen LogP contribution in [0.15, 0.2) is 77.2 Å². The Morgan fingerprint density at radius 1 is 1.05 bits per heavy atom. The van der Waals surface area contributed by atoms with Crippen LogP contribution in [0.4, 0.5) is 29.3 Å². The Kier molecular flexibility index (Phi) is 7.61. The van der Waals surface area contributed by atoms with Crippen molar-refractivity contribution in [2.75, 3.05) is 24.1 Å². The van der Waals surface area contributed by atoms with Crippen molar-refractivity contribution in [1.82, 2.24) is 24.9 Å². The van der Waals surface area contributed by atoms with Crippen LogP contribution in [0.3, 0.4) is 0 Å². The number of amides is 1. The largest absolute Gasteiger partial charge is 0.433 e. The van der Waals surface area contributed by atoms with Gasteiger partial charge in [0, 0.05) is 31.3 Å². The first-order chi connectivity index (χ1) is 21.0. The van der Waals surface area contributed by atoms with Gasteiger partial charge >= 0.3 is 12.2 Å². The molecular formula is C30H25F4N7O3. The van der Waals surface area contributed by atoms with E-state index in [-0.39, 0.29) is 34.9 Å². The predicted molar refractivity (Wildman–Crippen MR) is 152 cm³/mol. The molecule has 0 aliphatic carbocycles. The maximum atomic E-state index is 15.3. The van der Waals surface area contributed by atoms with Crippen molar-refractivity contribution in [3.8, 4) is 28.3 Å². The lowest BCUT2D eigenvalue weighted by atomic mass is 9.99. The Morgan fingerprint density at radius 2 is 1.86 bits per heavy atom. The lowest BCUT2D eigenvalue weighted by Crippen LogP contribution is -2.21. The van der Waals surface area contributed by atoms with Gasteiger partial charge in [-0.3, -0.25) is 9.69 Å². The second-order valence-electron chi connectivity index (χ2n) is 10.3. The third-order valence-electron chi connectivity index (χ3n) is 7.20. The number of β-amino-alcohol motifs (C(OH)–C–C–N with tert-alkyl or cyclic N) is 1. The van der Waals surface area contributed by atoms with Gasteiger partial charge in [0.2, 0.25) is 5.89 Å². The fraction of sp³-hybridized carbons (Fsp3) is 0.200. The second kappa shape index (κ2) is 11.5. The lowest BCUT2D eigenvalue weighted by Gasteiger charge is -2.18. The number of hydrogen-bond acceptors (Lipinski definition) is 8. The van der Waals surface area contributed by atoms with Crippen molar-refractivity contribution < 1.29 is 31.9 Å². The monoisotopic (exact) mass is 607 g/mol. The average Bonchev–Trinajstić information content (AvgIpc) is 3.74. The number of nitrogens with zero attached hydrogens (tertiary/aromatic N) is 5. The quantitative estimate of drug-likeness (QED) is 0.216. The molecule has 3 heterocycles. The molecule has 0 spiro atoms. The Labute approximate surface area is 247 Å². The van der Waals surface area contributed by atoms with Gasteiger partial charge in [-0.05, 0) is 53.4 Å². The molecule has 1 aliphatic rings. The maximum Gasteiger partial charge on any atom is 0.433 e. The summed E-state index contributed by atoms with van der Waals surface area (Å²) < 4.78 is 62.9. The van der Waals surface area contributed by atoms with Gasteiger partial charge in [0.25, 0.3) is 5.91 Å². The first-order valence-electron chi connectivity index (χ1n) is 13.5. The van der Waals surface area contributed by atoms with E-state index in [4.69, 9.17) is 10.2 Å². The van der Waals surface area contributed by atoms with Crippen molar-refractivity contribution in [3.05, 3.63) is 95.6 Å². The molecule has 1 fully saturated rings. The number of carbonyl (C=O) groups excluding carboxylic acids is 1. The van der Waals surface area contributed by atoms with E-state index in [0.717, 1.165) is 17.7 Å². The smallest absolute Gasteiger partial charge is 0.404 e. The number of alkyl halides is 3. The minimum atomic E-state index is -4.87. The summed E-state index contributed by atoms with van der Waals surface area (Å²) >= 11 is 0. The number of nitrogens with one attached hydrogen (secondary N) is 1. The van der Waals surface area contributed by atoms with Gasteiger partial charge in [-0.25, -0.2) is 9.07 Å². The summed E-state index contributed by atoms with van der Waals surface area (Å²) in [6, 6.07) is 17.7. The van der Waals surface area contributed by atoms with Crippen molar-refractivity contribution in [1.29, 1.82) is 0 Å². The molecule has 4 N–H and O–H groups in total. The number of carbonyl (C=O) groups is 1. The number of hydrogen-bond donors (Lipinski definition) is 3. The molecule has 10 nitrogen and oxygen atoms in total. The molecule has 0 bridgehead atoms. The molecule has 2 aromatic heterocycles. The Bertz CT molecular complexity index is 1840. The van der Waals surface area contributed by atoms with Crippen LogP contribution in [0.5, 0.6) is 0 Å². The Morgan fingerprint density at radius 3 is 2.57 bits per heavy atom. The zero-order valence-corrected chi connectivity index (χ0v) is 22.9. The number of rotatable bonds is 7. The molecule has 226 valence electrons. The van der Waals surface area contributed by atoms with Gasteiger partial charge in [0.05, 0.1) is 17.5 Å². The fourth-order valence-corrected chi connectivity index (χ4v) is 5.12. The van der Waals surface area contributed by atoms with Crippen molar-refractivity contribution in [3.63, 3.8) is 0 Å². The van der Waals surface area contributed by atoms with Gasteiger partial charge in [0.1, 0.15) is 11.5 Å². The average molecular weight is 608 g/mol. The highest BCUT2D eigenvalue weighted by molar-refractivity contribution is 6.03. The van der Waals surface area contributed by atoms with E-state index in [9.17, 15) is 23.1 Å². The summed E-state index contributed by atoms with van der Waals surface area (Å²) in [4.78, 5) is 15.1. The fourth-order valence-electron chi connectivity index (χ4n) is 5.12. The summed E-state index contributed by atoms with van der Waals surface area (Å²) in [6.45, 7) is 1.88. The number of likely N-dealkylation sites (tertiary alicyclic amines) is 1. The second-order valence-corrected chi connectivity index (χ2v) is 10.3. The minimum absolute atomic E-state index is 0.0144. The van der Waals surface area contributed by atoms with E-state index in [1.54, 1.807) is 6.07 Å². The zero-order valence-electron chi connectivity index (χ0n) is 22.9. The third-order valence-corrected chi connectivity index (χ3v) is 7.20. The Balaban J connectivity index is 1.25. The molecule has 14 heteroatoms. The van der Waals surface area contributed by atoms with Crippen LogP contribution in [0.25, 0.3) is 28.3 Å². The summed E-state index contributed by atoms with van der Waals surface area (Å²) in [5, 5.41) is 23.3. The number of benzene rings is 3. The van der Waals surface area contributed by atoms with Crippen LogP contribution >= 0.6 is 0 Å². The van der Waals surface area contributed by atoms with E-state index < -0.39 is 29.3 Å². The highest BCUT2D eigenvalue weighted by atomic mass is 19.4. The Hall–Kier alpha value is -5.08. The number of halogens is 4. The first-order valence-corrected chi connectivity index (χ1v) is 13.5. The normalized spacial score (nSPS) is 15.5. The van der Waals surface area contributed by atoms with Crippen LogP contribution < -0.4 is 11.1 Å². The minimum Gasteiger partial charge on any atom is -0.404 e. The molecule has 3 aromatic carbocycles. The van der Waals surface area contributed by atoms with Crippen molar-refractivity contribution in [2.24, 2.45) is 0 Å². The molecule has 1 atom stereocenters. The molecule has 44 heavy (non-hydrogen) atoms. The summed E-state index contributed by atoms with van der Waals surface area (Å²) in [7, 11) is 0. The maximum absolute atomic E-state index is 15.3. The van der Waals surface area contributed by atoms with E-state index >= 15 is 4.39 Å². The number of nitrogens with two attached hydrogens (primary N) is 1. The van der Waals surface area contributed by atoms with Gasteiger partial charge in [-0.1, -0.05) is 41.5 Å². The number of nitrogen functional groups attached to an aromatic ring is 1. The summed E-state index contributed by atoms with van der Waals surface area (Å²) in [5.74, 6) is -1.82. The van der Waals surface area contributed by atoms with Gasteiger partial charge in [0.15, 0.2) is 5.69 Å². The third kappa shape index (κ3) is 6.02. The number of anilines is 2. The van der Waals surface area contributed by atoms with E-state index in [2.05, 4.69) is 25.5 Å². The van der Waals surface area contributed by atoms with E-state index in [0.29, 0.717) is 35.8 Å². The number of aliphatic hydroxyl groups excluding tert-OH is 1. The van der Waals surface area contributed by atoms with Gasteiger partial charge < -0.3 is 20.6 Å². The van der Waals surface area contributed by atoms with E-state index in [1.165, 1.54) is 36.4 Å². The molecule has 1 amide bonds. The predicted octanol–water partition coefficient (Wildman–Crippen LogP) is 5.15. The van der Waals surface area contributed by atoms with Crippen LogP contribution in [0.1, 0.15) is 28.2 Å². The van der Waals surface area contributed by atoms with Gasteiger partial charge in [-0.15, -0.1) is 5.10 Å². The standard InChI is InChI=1S/C30H25F4N7O3/c31-23-13-17(22-7-2-1-4-19(22)15-40-11-10-21(42)16-40)8-9-24(23)36-27(43)25-14-26(30(32,33)34)41(39-25)20-6-3-5-18(12-20)28-37-38-29(35)44-28/h1-9,12-14,21,42H,10-11,15-16H2,(H2,35,38)(H,36,43)/t21-/m0/s1. The first kappa shape index (κ1) is 29.0. The topological polar surface area (TPSA) is 135 Å². The van der Waals surface area contributed by atoms with Crippen LogP contribution in [-0.4, -0.2) is 55.1 Å².